The van der Waals surface area contributed by atoms with Crippen molar-refractivity contribution in [2.24, 2.45) is 0 Å². The predicted octanol–water partition coefficient (Wildman–Crippen LogP) is 0.0862. The van der Waals surface area contributed by atoms with E-state index in [1.807, 2.05) is 23.1 Å². The molecular weight excluding hydrogens is 260 g/mol. The lowest BCUT2D eigenvalue weighted by molar-refractivity contribution is -0.121. The topological polar surface area (TPSA) is 74.8 Å². The van der Waals surface area contributed by atoms with Crippen LogP contribution in [0.5, 0.6) is 0 Å². The highest BCUT2D eigenvalue weighted by atomic mass is 16.5. The van der Waals surface area contributed by atoms with Gasteiger partial charge in [-0.2, -0.15) is 0 Å². The van der Waals surface area contributed by atoms with E-state index in [1.165, 1.54) is 7.11 Å². The van der Waals surface area contributed by atoms with Gasteiger partial charge in [0.15, 0.2) is 0 Å². The molecule has 1 N–H and O–H groups in total. The highest BCUT2D eigenvalue weighted by Gasteiger charge is 2.20. The molecule has 0 atom stereocenters. The number of amides is 2. The zero-order valence-corrected chi connectivity index (χ0v) is 11.4. The summed E-state index contributed by atoms with van der Waals surface area (Å²) in [7, 11) is 1.23. The quantitative estimate of drug-likeness (QED) is 0.844. The zero-order chi connectivity index (χ0) is 14.4. The summed E-state index contributed by atoms with van der Waals surface area (Å²) < 4.78 is 4.38. The Hall–Kier alpha value is -2.15. The van der Waals surface area contributed by atoms with Gasteiger partial charge in [0, 0.05) is 32.4 Å². The fourth-order valence-corrected chi connectivity index (χ4v) is 2.08. The number of anilines is 1. The summed E-state index contributed by atoms with van der Waals surface area (Å²) in [6, 6.07) is 5.81. The molecular formula is C13H18N4O3. The molecule has 20 heavy (non-hydrogen) atoms. The van der Waals surface area contributed by atoms with Gasteiger partial charge < -0.3 is 9.64 Å². The summed E-state index contributed by atoms with van der Waals surface area (Å²) in [6.07, 6.45) is 1.05. The Morgan fingerprint density at radius 3 is 2.65 bits per heavy atom. The number of pyridine rings is 1. The molecule has 2 amide bonds. The SMILES string of the molecule is COC(=O)NC(=O)CN1CCN(c2ccccn2)CC1. The molecule has 0 radical (unpaired) electrons. The van der Waals surface area contributed by atoms with E-state index in [1.54, 1.807) is 6.20 Å². The Kier molecular flexibility index (Phi) is 4.89. The van der Waals surface area contributed by atoms with Gasteiger partial charge in [-0.3, -0.25) is 15.0 Å². The molecule has 0 unspecified atom stereocenters. The van der Waals surface area contributed by atoms with E-state index in [4.69, 9.17) is 0 Å². The normalized spacial score (nSPS) is 15.8. The summed E-state index contributed by atoms with van der Waals surface area (Å²) >= 11 is 0. The van der Waals surface area contributed by atoms with Crippen LogP contribution in [0.25, 0.3) is 0 Å². The van der Waals surface area contributed by atoms with Gasteiger partial charge >= 0.3 is 6.09 Å². The summed E-state index contributed by atoms with van der Waals surface area (Å²) in [5, 5.41) is 2.15. The summed E-state index contributed by atoms with van der Waals surface area (Å²) in [4.78, 5) is 30.9. The minimum Gasteiger partial charge on any atom is -0.453 e. The molecule has 1 aliphatic heterocycles. The summed E-state index contributed by atoms with van der Waals surface area (Å²) in [5.74, 6) is 0.606. The summed E-state index contributed by atoms with van der Waals surface area (Å²) in [5.41, 5.74) is 0. The number of nitrogens with one attached hydrogen (secondary N) is 1. The number of methoxy groups -OCH3 is 1. The fourth-order valence-electron chi connectivity index (χ4n) is 2.08. The second-order valence-electron chi connectivity index (χ2n) is 4.49. The standard InChI is InChI=1S/C13H18N4O3/c1-20-13(19)15-12(18)10-16-6-8-17(9-7-16)11-4-2-3-5-14-11/h2-5H,6-10H2,1H3,(H,15,18,19). The largest absolute Gasteiger partial charge is 0.453 e. The first-order chi connectivity index (χ1) is 9.69. The van der Waals surface area contributed by atoms with Crippen LogP contribution in [-0.4, -0.2) is 61.7 Å². The van der Waals surface area contributed by atoms with Crippen molar-refractivity contribution in [1.29, 1.82) is 0 Å². The third-order valence-electron chi connectivity index (χ3n) is 3.14. The average molecular weight is 278 g/mol. The Balaban J connectivity index is 1.77. The van der Waals surface area contributed by atoms with Crippen molar-refractivity contribution in [1.82, 2.24) is 15.2 Å². The first kappa shape index (κ1) is 14.3. The van der Waals surface area contributed by atoms with Crippen molar-refractivity contribution >= 4 is 17.8 Å². The number of carbonyl (C=O) groups is 2. The minimum absolute atomic E-state index is 0.200. The van der Waals surface area contributed by atoms with Crippen molar-refractivity contribution in [3.63, 3.8) is 0 Å². The lowest BCUT2D eigenvalue weighted by atomic mass is 10.3. The van der Waals surface area contributed by atoms with E-state index >= 15 is 0 Å². The monoisotopic (exact) mass is 278 g/mol. The first-order valence-corrected chi connectivity index (χ1v) is 6.45. The zero-order valence-electron chi connectivity index (χ0n) is 11.4. The predicted molar refractivity (Wildman–Crippen MR) is 73.4 cm³/mol. The Morgan fingerprint density at radius 2 is 2.05 bits per heavy atom. The van der Waals surface area contributed by atoms with Crippen molar-refractivity contribution in [3.05, 3.63) is 24.4 Å². The van der Waals surface area contributed by atoms with Gasteiger partial charge in [-0.1, -0.05) is 6.07 Å². The van der Waals surface area contributed by atoms with Crippen LogP contribution in [0.15, 0.2) is 24.4 Å². The van der Waals surface area contributed by atoms with E-state index < -0.39 is 6.09 Å². The van der Waals surface area contributed by atoms with Gasteiger partial charge in [0.1, 0.15) is 5.82 Å². The average Bonchev–Trinajstić information content (AvgIpc) is 2.48. The first-order valence-electron chi connectivity index (χ1n) is 6.45. The molecule has 0 saturated carbocycles. The molecule has 1 aliphatic rings. The Bertz CT molecular complexity index is 458. The van der Waals surface area contributed by atoms with Crippen LogP contribution in [-0.2, 0) is 9.53 Å². The van der Waals surface area contributed by atoms with Crippen LogP contribution in [0.4, 0.5) is 10.6 Å². The number of hydrogen-bond donors (Lipinski definition) is 1. The maximum absolute atomic E-state index is 11.6. The minimum atomic E-state index is -0.720. The van der Waals surface area contributed by atoms with Gasteiger partial charge in [-0.25, -0.2) is 9.78 Å². The number of piperazine rings is 1. The maximum atomic E-state index is 11.6. The maximum Gasteiger partial charge on any atom is 0.413 e. The smallest absolute Gasteiger partial charge is 0.413 e. The Labute approximate surface area is 117 Å². The van der Waals surface area contributed by atoms with Crippen LogP contribution in [0.3, 0.4) is 0 Å². The molecule has 108 valence electrons. The van der Waals surface area contributed by atoms with Gasteiger partial charge in [-0.15, -0.1) is 0 Å². The van der Waals surface area contributed by atoms with Crippen molar-refractivity contribution in [2.45, 2.75) is 0 Å². The lowest BCUT2D eigenvalue weighted by Crippen LogP contribution is -2.50. The van der Waals surface area contributed by atoms with Gasteiger partial charge in [0.05, 0.1) is 13.7 Å². The van der Waals surface area contributed by atoms with Gasteiger partial charge in [-0.05, 0) is 12.1 Å². The molecule has 1 saturated heterocycles. The molecule has 2 heterocycles. The second kappa shape index (κ2) is 6.85. The number of carbonyl (C=O) groups excluding carboxylic acids is 2. The van der Waals surface area contributed by atoms with Crippen molar-refractivity contribution in [2.75, 3.05) is 44.7 Å². The van der Waals surface area contributed by atoms with Crippen molar-refractivity contribution < 1.29 is 14.3 Å². The molecule has 7 heteroatoms. The van der Waals surface area contributed by atoms with E-state index in [9.17, 15) is 9.59 Å². The number of hydrogen-bond acceptors (Lipinski definition) is 6. The number of ether oxygens (including phenoxy) is 1. The van der Waals surface area contributed by atoms with Crippen LogP contribution in [0.1, 0.15) is 0 Å². The van der Waals surface area contributed by atoms with Crippen LogP contribution in [0.2, 0.25) is 0 Å². The number of nitrogens with zero attached hydrogens (tertiary/aromatic N) is 3. The molecule has 2 rings (SSSR count). The van der Waals surface area contributed by atoms with Crippen LogP contribution < -0.4 is 10.2 Å². The molecule has 1 aromatic rings. The van der Waals surface area contributed by atoms with Gasteiger partial charge in [0.25, 0.3) is 0 Å². The lowest BCUT2D eigenvalue weighted by Gasteiger charge is -2.34. The molecule has 1 aromatic heterocycles. The Morgan fingerprint density at radius 1 is 1.30 bits per heavy atom. The van der Waals surface area contributed by atoms with E-state index in [0.29, 0.717) is 0 Å². The molecule has 7 nitrogen and oxygen atoms in total. The number of alkyl carbamates (subject to hydrolysis) is 1. The molecule has 0 spiro atoms. The van der Waals surface area contributed by atoms with Crippen LogP contribution in [0, 0.1) is 0 Å². The number of rotatable bonds is 3. The molecule has 0 aromatic carbocycles. The van der Waals surface area contributed by atoms with Crippen molar-refractivity contribution in [3.8, 4) is 0 Å². The highest BCUT2D eigenvalue weighted by Crippen LogP contribution is 2.12. The number of aromatic nitrogens is 1. The number of imide groups is 1. The van der Waals surface area contributed by atoms with Gasteiger partial charge in [0.2, 0.25) is 5.91 Å². The molecule has 0 bridgehead atoms. The molecule has 0 aliphatic carbocycles. The van der Waals surface area contributed by atoms with E-state index in [2.05, 4.69) is 19.9 Å². The fraction of sp³-hybridized carbons (Fsp3) is 0.462. The highest BCUT2D eigenvalue weighted by molar-refractivity contribution is 5.92. The van der Waals surface area contributed by atoms with E-state index in [0.717, 1.165) is 32.0 Å². The third kappa shape index (κ3) is 3.92. The third-order valence-corrected chi connectivity index (χ3v) is 3.14. The van der Waals surface area contributed by atoms with E-state index in [-0.39, 0.29) is 12.5 Å². The van der Waals surface area contributed by atoms with Crippen LogP contribution >= 0.6 is 0 Å². The summed E-state index contributed by atoms with van der Waals surface area (Å²) in [6.45, 7) is 3.33. The molecule has 1 fully saturated rings. The second-order valence-corrected chi connectivity index (χ2v) is 4.49.